The maximum atomic E-state index is 3.00. The summed E-state index contributed by atoms with van der Waals surface area (Å²) in [5, 5.41) is 0. The molecule has 0 saturated heterocycles. The monoisotopic (exact) mass is 114 g/mol. The Bertz CT molecular complexity index is 27.0. The Balaban J connectivity index is 0. The molecule has 0 aliphatic heterocycles. The van der Waals surface area contributed by atoms with Crippen molar-refractivity contribution < 1.29 is 0 Å². The van der Waals surface area contributed by atoms with E-state index in [1.54, 1.807) is 0 Å². The van der Waals surface area contributed by atoms with E-state index in [1.807, 2.05) is 13.8 Å². The molecule has 1 saturated carbocycles. The van der Waals surface area contributed by atoms with Crippen LogP contribution in [-0.2, 0) is 0 Å². The second kappa shape index (κ2) is 9.88. The van der Waals surface area contributed by atoms with Gasteiger partial charge < -0.3 is 0 Å². The van der Waals surface area contributed by atoms with Crippen molar-refractivity contribution in [1.82, 2.24) is 0 Å². The van der Waals surface area contributed by atoms with E-state index in [2.05, 4.69) is 20.1 Å². The molecule has 1 fully saturated rings. The summed E-state index contributed by atoms with van der Waals surface area (Å²) in [6.07, 6.45) is 2.97. The first-order valence-corrected chi connectivity index (χ1v) is 3.39. The van der Waals surface area contributed by atoms with Gasteiger partial charge in [-0.15, -0.1) is 13.2 Å². The normalized spacial score (nSPS) is 14.4. The van der Waals surface area contributed by atoms with Crippen LogP contribution in [0.4, 0.5) is 0 Å². The van der Waals surface area contributed by atoms with Gasteiger partial charge in [-0.3, -0.25) is 0 Å². The summed E-state index contributed by atoms with van der Waals surface area (Å²) in [4.78, 5) is 0. The molecule has 0 radical (unpaired) electrons. The van der Waals surface area contributed by atoms with Crippen LogP contribution in [-0.4, -0.2) is 0 Å². The average molecular weight is 114 g/mol. The molecule has 0 amide bonds. The third-order valence-corrected chi connectivity index (χ3v) is 0.866. The second-order valence-electron chi connectivity index (χ2n) is 1.68. The summed E-state index contributed by atoms with van der Waals surface area (Å²) in [5.74, 6) is 1.08. The predicted molar refractivity (Wildman–Crippen MR) is 41.0 cm³/mol. The van der Waals surface area contributed by atoms with Crippen molar-refractivity contribution in [1.29, 1.82) is 0 Å². The van der Waals surface area contributed by atoms with E-state index < -0.39 is 0 Å². The van der Waals surface area contributed by atoms with Crippen LogP contribution >= 0.6 is 0 Å². The van der Waals surface area contributed by atoms with Crippen molar-refractivity contribution in [2.24, 2.45) is 5.92 Å². The van der Waals surface area contributed by atoms with Crippen molar-refractivity contribution in [3.63, 3.8) is 0 Å². The summed E-state index contributed by atoms with van der Waals surface area (Å²) in [6, 6.07) is 0. The lowest BCUT2D eigenvalue weighted by Gasteiger charge is -1.53. The molecule has 0 spiro atoms. The van der Waals surface area contributed by atoms with Gasteiger partial charge in [-0.1, -0.05) is 33.6 Å². The average Bonchev–Trinajstić information content (AvgIpc) is 2.62. The van der Waals surface area contributed by atoms with Crippen LogP contribution in [0.5, 0.6) is 0 Å². The van der Waals surface area contributed by atoms with Crippen molar-refractivity contribution in [3.05, 3.63) is 13.2 Å². The minimum absolute atomic E-state index is 1.08. The highest BCUT2D eigenvalue weighted by molar-refractivity contribution is 4.65. The van der Waals surface area contributed by atoms with E-state index in [4.69, 9.17) is 0 Å². The summed E-state index contributed by atoms with van der Waals surface area (Å²) in [7, 11) is 0. The van der Waals surface area contributed by atoms with Crippen LogP contribution in [0.15, 0.2) is 13.2 Å². The number of hydrogen-bond donors (Lipinski definition) is 0. The van der Waals surface area contributed by atoms with Crippen LogP contribution in [0.2, 0.25) is 0 Å². The van der Waals surface area contributed by atoms with Gasteiger partial charge in [0, 0.05) is 0 Å². The first kappa shape index (κ1) is 10.7. The van der Waals surface area contributed by atoms with Crippen molar-refractivity contribution in [2.75, 3.05) is 0 Å². The Morgan fingerprint density at radius 3 is 1.25 bits per heavy atom. The Labute approximate surface area is 53.6 Å². The second-order valence-corrected chi connectivity index (χ2v) is 1.68. The molecule has 0 heterocycles. The lowest BCUT2D eigenvalue weighted by molar-refractivity contribution is 0.983. The largest absolute Gasteiger partial charge is 0.106 e. The lowest BCUT2D eigenvalue weighted by Crippen LogP contribution is -1.42. The van der Waals surface area contributed by atoms with E-state index >= 15 is 0 Å². The van der Waals surface area contributed by atoms with Gasteiger partial charge in [-0.05, 0) is 5.92 Å². The van der Waals surface area contributed by atoms with E-state index in [-0.39, 0.29) is 0 Å². The number of rotatable bonds is 0. The third kappa shape index (κ3) is 17.2. The van der Waals surface area contributed by atoms with Crippen molar-refractivity contribution in [2.45, 2.75) is 33.6 Å². The Hall–Kier alpha value is -0.260. The summed E-state index contributed by atoms with van der Waals surface area (Å²) >= 11 is 0. The minimum Gasteiger partial charge on any atom is -0.106 e. The van der Waals surface area contributed by atoms with E-state index in [9.17, 15) is 0 Å². The molecule has 8 heavy (non-hydrogen) atoms. The smallest absolute Gasteiger partial charge is 0.0443 e. The van der Waals surface area contributed by atoms with Crippen LogP contribution in [0.1, 0.15) is 33.6 Å². The van der Waals surface area contributed by atoms with E-state index in [0.29, 0.717) is 0 Å². The van der Waals surface area contributed by atoms with Gasteiger partial charge in [-0.2, -0.15) is 0 Å². The third-order valence-electron chi connectivity index (χ3n) is 0.866. The molecule has 0 bridgehead atoms. The van der Waals surface area contributed by atoms with Gasteiger partial charge in [0.25, 0.3) is 0 Å². The molecule has 0 aromatic carbocycles. The first-order chi connectivity index (χ1) is 3.89. The maximum Gasteiger partial charge on any atom is -0.0443 e. The standard InChI is InChI=1S/C4H8.C2H6.C2H4/c1-4-2-3-4;2*1-2/h4H,2-3H2,1H3;1-2H3;1-2H2. The highest BCUT2D eigenvalue weighted by Crippen LogP contribution is 2.26. The summed E-state index contributed by atoms with van der Waals surface area (Å²) < 4.78 is 0. The Morgan fingerprint density at radius 2 is 1.25 bits per heavy atom. The SMILES string of the molecule is C=C.CC.CC1CC1. The van der Waals surface area contributed by atoms with E-state index in [0.717, 1.165) is 5.92 Å². The molecule has 0 N–H and O–H groups in total. The number of hydrogen-bond acceptors (Lipinski definition) is 0. The van der Waals surface area contributed by atoms with Gasteiger partial charge in [0.15, 0.2) is 0 Å². The quantitative estimate of drug-likeness (QED) is 0.424. The van der Waals surface area contributed by atoms with Crippen LogP contribution in [0, 0.1) is 5.92 Å². The topological polar surface area (TPSA) is 0 Å². The van der Waals surface area contributed by atoms with Gasteiger partial charge >= 0.3 is 0 Å². The zero-order valence-corrected chi connectivity index (χ0v) is 6.41. The fourth-order valence-corrected chi connectivity index (χ4v) is 0.167. The fourth-order valence-electron chi connectivity index (χ4n) is 0.167. The lowest BCUT2D eigenvalue weighted by atomic mass is 10.5. The maximum absolute atomic E-state index is 3.00. The molecule has 0 aromatic rings. The van der Waals surface area contributed by atoms with Gasteiger partial charge in [0.05, 0.1) is 0 Å². The molecule has 1 aliphatic rings. The van der Waals surface area contributed by atoms with Gasteiger partial charge in [0.1, 0.15) is 0 Å². The molecular weight excluding hydrogens is 96.1 g/mol. The van der Waals surface area contributed by atoms with Gasteiger partial charge in [-0.25, -0.2) is 0 Å². The molecule has 50 valence electrons. The van der Waals surface area contributed by atoms with Crippen molar-refractivity contribution in [3.8, 4) is 0 Å². The summed E-state index contributed by atoms with van der Waals surface area (Å²) in [5.41, 5.74) is 0. The minimum atomic E-state index is 1.08. The molecule has 0 nitrogen and oxygen atoms in total. The zero-order valence-electron chi connectivity index (χ0n) is 6.41. The zero-order chi connectivity index (χ0) is 6.99. The summed E-state index contributed by atoms with van der Waals surface area (Å²) in [6.45, 7) is 12.3. The highest BCUT2D eigenvalue weighted by atomic mass is 14.2. The van der Waals surface area contributed by atoms with E-state index in [1.165, 1.54) is 12.8 Å². The molecule has 0 atom stereocenters. The molecule has 1 rings (SSSR count). The first-order valence-electron chi connectivity index (χ1n) is 3.39. The van der Waals surface area contributed by atoms with Crippen LogP contribution < -0.4 is 0 Å². The fraction of sp³-hybridized carbons (Fsp3) is 0.750. The molecule has 0 aromatic heterocycles. The predicted octanol–water partition coefficient (Wildman–Crippen LogP) is 3.24. The van der Waals surface area contributed by atoms with Crippen molar-refractivity contribution >= 4 is 0 Å². The van der Waals surface area contributed by atoms with Crippen LogP contribution in [0.3, 0.4) is 0 Å². The molecular formula is C8H18. The molecule has 0 unspecified atom stereocenters. The molecule has 0 heteroatoms. The highest BCUT2D eigenvalue weighted by Gasteiger charge is 2.12. The Morgan fingerprint density at radius 1 is 1.12 bits per heavy atom. The van der Waals surface area contributed by atoms with Gasteiger partial charge in [0.2, 0.25) is 0 Å². The van der Waals surface area contributed by atoms with Crippen LogP contribution in [0.25, 0.3) is 0 Å². The Kier molecular flexibility index (Phi) is 13.2. The molecule has 1 aliphatic carbocycles.